The normalized spacial score (nSPS) is 12.4. The van der Waals surface area contributed by atoms with Crippen LogP contribution in [0.25, 0.3) is 0 Å². The summed E-state index contributed by atoms with van der Waals surface area (Å²) in [7, 11) is 4.45. The highest BCUT2D eigenvalue weighted by Crippen LogP contribution is 2.12. The van der Waals surface area contributed by atoms with Crippen LogP contribution in [0.5, 0.6) is 0 Å². The molecule has 0 N–H and O–H groups in total. The lowest BCUT2D eigenvalue weighted by molar-refractivity contribution is -0.178. The summed E-state index contributed by atoms with van der Waals surface area (Å²) in [6.45, 7) is 1.94. The number of rotatable bonds is 3. The fourth-order valence-electron chi connectivity index (χ4n) is 0.372. The molecule has 0 rings (SSSR count). The quantitative estimate of drug-likeness (QED) is 0.392. The second kappa shape index (κ2) is 3.22. The fourth-order valence-corrected chi connectivity index (χ4v) is 0.949. The van der Waals surface area contributed by atoms with Crippen molar-refractivity contribution in [1.82, 2.24) is 0 Å². The zero-order valence-corrected chi connectivity index (χ0v) is 8.02. The molecule has 8 heavy (non-hydrogen) atoms. The molecule has 0 unspecified atom stereocenters. The highest BCUT2D eigenvalue weighted by atomic mass is 28.1. The lowest BCUT2D eigenvalue weighted by Gasteiger charge is -2.24. The molecule has 0 radical (unpaired) electrons. The summed E-state index contributed by atoms with van der Waals surface area (Å²) in [6, 6.07) is 1.01. The summed E-state index contributed by atoms with van der Waals surface area (Å²) in [5.74, 6) is -0.313. The summed E-state index contributed by atoms with van der Waals surface area (Å²) in [5, 5.41) is 0. The van der Waals surface area contributed by atoms with Gasteiger partial charge >= 0.3 is 0 Å². The van der Waals surface area contributed by atoms with Gasteiger partial charge in [0.25, 0.3) is 0 Å². The third-order valence-electron chi connectivity index (χ3n) is 1.51. The van der Waals surface area contributed by atoms with Gasteiger partial charge in [0.2, 0.25) is 0 Å². The maximum Gasteiger partial charge on any atom is 0.161 e. The minimum atomic E-state index is -0.313. The minimum Gasteiger partial charge on any atom is -0.354 e. The van der Waals surface area contributed by atoms with E-state index in [1.54, 1.807) is 14.2 Å². The van der Waals surface area contributed by atoms with Crippen molar-refractivity contribution in [3.05, 3.63) is 0 Å². The zero-order chi connectivity index (χ0) is 6.62. The van der Waals surface area contributed by atoms with Crippen LogP contribution in [0.2, 0.25) is 6.04 Å². The minimum absolute atomic E-state index is 0.313. The zero-order valence-electron chi connectivity index (χ0n) is 6.02. The Bertz CT molecular complexity index is 53.2. The van der Waals surface area contributed by atoms with E-state index in [2.05, 4.69) is 0 Å². The van der Waals surface area contributed by atoms with E-state index in [0.717, 1.165) is 16.3 Å². The van der Waals surface area contributed by atoms with Gasteiger partial charge in [-0.25, -0.2) is 0 Å². The molecule has 0 saturated carbocycles. The van der Waals surface area contributed by atoms with E-state index in [4.69, 9.17) is 9.47 Å². The van der Waals surface area contributed by atoms with Crippen LogP contribution in [0.3, 0.4) is 0 Å². The van der Waals surface area contributed by atoms with E-state index in [1.807, 2.05) is 6.92 Å². The Labute approximate surface area is 53.6 Å². The fraction of sp³-hybridized carbons (Fsp3) is 1.00. The average molecular weight is 134 g/mol. The van der Waals surface area contributed by atoms with Crippen LogP contribution in [-0.2, 0) is 9.47 Å². The van der Waals surface area contributed by atoms with E-state index in [9.17, 15) is 0 Å². The Morgan fingerprint density at radius 1 is 1.38 bits per heavy atom. The summed E-state index contributed by atoms with van der Waals surface area (Å²) in [5.41, 5.74) is 0. The highest BCUT2D eigenvalue weighted by molar-refractivity contribution is 6.09. The molecular weight excluding hydrogens is 120 g/mol. The maximum atomic E-state index is 5.05. The SMILES string of the molecule is COC(C)(C[SiH3])OC. The monoisotopic (exact) mass is 134 g/mol. The molecular formula is C5H14O2Si. The molecule has 0 aromatic rings. The second-order valence-electron chi connectivity index (χ2n) is 1.90. The second-order valence-corrected chi connectivity index (χ2v) is 2.60. The molecule has 0 aromatic carbocycles. The van der Waals surface area contributed by atoms with E-state index >= 15 is 0 Å². The smallest absolute Gasteiger partial charge is 0.161 e. The first-order chi connectivity index (χ1) is 3.68. The predicted molar refractivity (Wildman–Crippen MR) is 37.2 cm³/mol. The van der Waals surface area contributed by atoms with Gasteiger partial charge in [0.15, 0.2) is 5.79 Å². The lowest BCUT2D eigenvalue weighted by Crippen LogP contribution is -2.28. The molecule has 0 bridgehead atoms. The molecule has 0 aliphatic heterocycles. The van der Waals surface area contributed by atoms with Gasteiger partial charge in [-0.3, -0.25) is 0 Å². The molecule has 0 aliphatic rings. The van der Waals surface area contributed by atoms with Gasteiger partial charge in [0, 0.05) is 24.5 Å². The molecule has 0 saturated heterocycles. The molecule has 0 heterocycles. The predicted octanol–water partition coefficient (Wildman–Crippen LogP) is -0.221. The topological polar surface area (TPSA) is 18.5 Å². The van der Waals surface area contributed by atoms with Crippen LogP contribution in [0.4, 0.5) is 0 Å². The summed E-state index contributed by atoms with van der Waals surface area (Å²) >= 11 is 0. The maximum absolute atomic E-state index is 5.05. The van der Waals surface area contributed by atoms with Gasteiger partial charge in [-0.2, -0.15) is 0 Å². The van der Waals surface area contributed by atoms with Crippen molar-refractivity contribution >= 4 is 10.2 Å². The van der Waals surface area contributed by atoms with Gasteiger partial charge in [0.1, 0.15) is 0 Å². The van der Waals surface area contributed by atoms with Crippen LogP contribution in [0.1, 0.15) is 6.92 Å². The van der Waals surface area contributed by atoms with Crippen LogP contribution >= 0.6 is 0 Å². The van der Waals surface area contributed by atoms with Crippen LogP contribution in [0.15, 0.2) is 0 Å². The molecule has 2 nitrogen and oxygen atoms in total. The summed E-state index contributed by atoms with van der Waals surface area (Å²) < 4.78 is 10.1. The number of ether oxygens (including phenoxy) is 2. The first kappa shape index (κ1) is 8.14. The highest BCUT2D eigenvalue weighted by Gasteiger charge is 2.18. The van der Waals surface area contributed by atoms with E-state index < -0.39 is 0 Å². The van der Waals surface area contributed by atoms with Crippen molar-refractivity contribution in [3.8, 4) is 0 Å². The third-order valence-corrected chi connectivity index (χ3v) is 2.79. The standard InChI is InChI=1S/C5H14O2Si/c1-5(4-8,6-2)7-3/h4H2,1-3,8H3. The molecule has 50 valence electrons. The van der Waals surface area contributed by atoms with Crippen LogP contribution in [0, 0.1) is 0 Å². The Hall–Kier alpha value is 0.137. The third kappa shape index (κ3) is 1.94. The molecule has 0 aliphatic carbocycles. The molecule has 0 spiro atoms. The Morgan fingerprint density at radius 3 is 1.75 bits per heavy atom. The Balaban J connectivity index is 3.58. The largest absolute Gasteiger partial charge is 0.354 e. The van der Waals surface area contributed by atoms with Crippen molar-refractivity contribution in [1.29, 1.82) is 0 Å². The number of hydrogen-bond donors (Lipinski definition) is 0. The van der Waals surface area contributed by atoms with E-state index in [-0.39, 0.29) is 5.79 Å². The van der Waals surface area contributed by atoms with Crippen molar-refractivity contribution in [3.63, 3.8) is 0 Å². The van der Waals surface area contributed by atoms with Crippen molar-refractivity contribution < 1.29 is 9.47 Å². The molecule has 0 aromatic heterocycles. The van der Waals surface area contributed by atoms with Gasteiger partial charge in [-0.15, -0.1) is 0 Å². The van der Waals surface area contributed by atoms with Gasteiger partial charge < -0.3 is 9.47 Å². The molecule has 0 fully saturated rings. The first-order valence-corrected chi connectivity index (χ1v) is 4.20. The molecule has 0 amide bonds. The molecule has 0 atom stereocenters. The Kier molecular flexibility index (Phi) is 3.27. The summed E-state index contributed by atoms with van der Waals surface area (Å²) in [6.07, 6.45) is 0. The van der Waals surface area contributed by atoms with Crippen LogP contribution in [-0.4, -0.2) is 30.2 Å². The van der Waals surface area contributed by atoms with Gasteiger partial charge in [-0.1, -0.05) is 0 Å². The van der Waals surface area contributed by atoms with E-state index in [0.29, 0.717) is 0 Å². The van der Waals surface area contributed by atoms with Crippen molar-refractivity contribution in [2.45, 2.75) is 18.8 Å². The van der Waals surface area contributed by atoms with Crippen LogP contribution < -0.4 is 0 Å². The van der Waals surface area contributed by atoms with Gasteiger partial charge in [-0.05, 0) is 13.0 Å². The first-order valence-electron chi connectivity index (χ1n) is 2.79. The van der Waals surface area contributed by atoms with Gasteiger partial charge in [0.05, 0.1) is 0 Å². The molecule has 3 heteroatoms. The van der Waals surface area contributed by atoms with Crippen molar-refractivity contribution in [2.75, 3.05) is 14.2 Å². The lowest BCUT2D eigenvalue weighted by atomic mass is 10.4. The Morgan fingerprint density at radius 2 is 1.75 bits per heavy atom. The van der Waals surface area contributed by atoms with Crippen molar-refractivity contribution in [2.24, 2.45) is 0 Å². The van der Waals surface area contributed by atoms with E-state index in [1.165, 1.54) is 0 Å². The summed E-state index contributed by atoms with van der Waals surface area (Å²) in [4.78, 5) is 0. The average Bonchev–Trinajstić information content (AvgIpc) is 1.87. The number of hydrogen-bond acceptors (Lipinski definition) is 2. The number of methoxy groups -OCH3 is 2.